The Bertz CT molecular complexity index is 664. The molecule has 0 radical (unpaired) electrons. The summed E-state index contributed by atoms with van der Waals surface area (Å²) in [5.74, 6) is 1.86. The summed E-state index contributed by atoms with van der Waals surface area (Å²) in [5.41, 5.74) is 3.66. The lowest BCUT2D eigenvalue weighted by molar-refractivity contribution is 0.729. The van der Waals surface area contributed by atoms with Gasteiger partial charge in [0, 0.05) is 43.5 Å². The molecule has 1 aromatic carbocycles. The van der Waals surface area contributed by atoms with Crippen LogP contribution >= 0.6 is 11.8 Å². The predicted molar refractivity (Wildman–Crippen MR) is 103 cm³/mol. The molecule has 1 aromatic heterocycles. The van der Waals surface area contributed by atoms with E-state index in [1.54, 1.807) is 7.05 Å². The summed E-state index contributed by atoms with van der Waals surface area (Å²) in [7, 11) is 3.80. The molecule has 1 heterocycles. The molecule has 0 unspecified atom stereocenters. The summed E-state index contributed by atoms with van der Waals surface area (Å²) in [6, 6.07) is 10.4. The fraction of sp³-hybridized carbons (Fsp3) is 0.444. The van der Waals surface area contributed by atoms with Gasteiger partial charge in [0.2, 0.25) is 0 Å². The first kappa shape index (κ1) is 18.4. The molecule has 0 atom stereocenters. The standard InChI is InChI=1S/C18H27N5S/c1-14-17(15(2)23(4)22-14)10-11-20-18(19-3)21-12-13-24-16-8-6-5-7-9-16/h5-9H,10-13H2,1-4H3,(H2,19,20,21). The van der Waals surface area contributed by atoms with Gasteiger partial charge < -0.3 is 10.6 Å². The number of benzene rings is 1. The maximum Gasteiger partial charge on any atom is 0.191 e. The predicted octanol–water partition coefficient (Wildman–Crippen LogP) is 2.54. The van der Waals surface area contributed by atoms with Crippen molar-refractivity contribution in [1.82, 2.24) is 20.4 Å². The first-order chi connectivity index (χ1) is 11.6. The summed E-state index contributed by atoms with van der Waals surface area (Å²) in [6.07, 6.45) is 0.949. The lowest BCUT2D eigenvalue weighted by Crippen LogP contribution is -2.39. The first-order valence-electron chi connectivity index (χ1n) is 8.23. The van der Waals surface area contributed by atoms with Crippen molar-refractivity contribution in [3.05, 3.63) is 47.3 Å². The molecule has 130 valence electrons. The van der Waals surface area contributed by atoms with Gasteiger partial charge in [-0.05, 0) is 38.0 Å². The van der Waals surface area contributed by atoms with Crippen molar-refractivity contribution in [2.24, 2.45) is 12.0 Å². The van der Waals surface area contributed by atoms with Crippen LogP contribution in [0.3, 0.4) is 0 Å². The highest BCUT2D eigenvalue weighted by atomic mass is 32.2. The molecule has 6 heteroatoms. The molecule has 0 aliphatic heterocycles. The second-order valence-corrected chi connectivity index (χ2v) is 6.78. The Hall–Kier alpha value is -1.95. The van der Waals surface area contributed by atoms with Crippen molar-refractivity contribution in [3.63, 3.8) is 0 Å². The molecule has 0 spiro atoms. The van der Waals surface area contributed by atoms with Crippen molar-refractivity contribution in [2.75, 3.05) is 25.9 Å². The van der Waals surface area contributed by atoms with Gasteiger partial charge in [0.25, 0.3) is 0 Å². The lowest BCUT2D eigenvalue weighted by atomic mass is 10.1. The molecule has 5 nitrogen and oxygen atoms in total. The number of rotatable bonds is 7. The molecule has 2 aromatic rings. The molecule has 2 N–H and O–H groups in total. The smallest absolute Gasteiger partial charge is 0.191 e. The number of nitrogens with zero attached hydrogens (tertiary/aromatic N) is 3. The average molecular weight is 346 g/mol. The number of aromatic nitrogens is 2. The van der Waals surface area contributed by atoms with Crippen molar-refractivity contribution in [2.45, 2.75) is 25.2 Å². The van der Waals surface area contributed by atoms with E-state index < -0.39 is 0 Å². The van der Waals surface area contributed by atoms with Crippen LogP contribution in [0.15, 0.2) is 40.2 Å². The van der Waals surface area contributed by atoms with Crippen LogP contribution in [0.5, 0.6) is 0 Å². The van der Waals surface area contributed by atoms with E-state index in [1.165, 1.54) is 16.2 Å². The molecule has 0 fully saturated rings. The number of guanidine groups is 1. The van der Waals surface area contributed by atoms with E-state index in [9.17, 15) is 0 Å². The van der Waals surface area contributed by atoms with Crippen molar-refractivity contribution < 1.29 is 0 Å². The van der Waals surface area contributed by atoms with E-state index in [0.29, 0.717) is 0 Å². The van der Waals surface area contributed by atoms with Crippen LogP contribution in [0.25, 0.3) is 0 Å². The van der Waals surface area contributed by atoms with Gasteiger partial charge in [-0.3, -0.25) is 9.67 Å². The maximum absolute atomic E-state index is 4.46. The zero-order valence-corrected chi connectivity index (χ0v) is 15.8. The fourth-order valence-corrected chi connectivity index (χ4v) is 3.35. The highest BCUT2D eigenvalue weighted by Crippen LogP contribution is 2.15. The first-order valence-corrected chi connectivity index (χ1v) is 9.21. The Morgan fingerprint density at radius 1 is 1.17 bits per heavy atom. The minimum atomic E-state index is 0.846. The van der Waals surface area contributed by atoms with Crippen LogP contribution in [0.1, 0.15) is 17.0 Å². The molecular formula is C18H27N5S. The van der Waals surface area contributed by atoms with Crippen LogP contribution < -0.4 is 10.6 Å². The van der Waals surface area contributed by atoms with Gasteiger partial charge in [-0.25, -0.2) is 0 Å². The van der Waals surface area contributed by atoms with E-state index >= 15 is 0 Å². The zero-order chi connectivity index (χ0) is 17.4. The van der Waals surface area contributed by atoms with Crippen LogP contribution in [0, 0.1) is 13.8 Å². The molecule has 0 aliphatic carbocycles. The number of thioether (sulfide) groups is 1. The Morgan fingerprint density at radius 2 is 1.88 bits per heavy atom. The number of nitrogens with one attached hydrogen (secondary N) is 2. The molecule has 0 saturated carbocycles. The molecule has 2 rings (SSSR count). The van der Waals surface area contributed by atoms with Gasteiger partial charge >= 0.3 is 0 Å². The van der Waals surface area contributed by atoms with Crippen LogP contribution in [0.4, 0.5) is 0 Å². The Labute approximate surface area is 148 Å². The van der Waals surface area contributed by atoms with Gasteiger partial charge in [0.15, 0.2) is 5.96 Å². The minimum Gasteiger partial charge on any atom is -0.356 e. The zero-order valence-electron chi connectivity index (χ0n) is 15.0. The Balaban J connectivity index is 1.69. The summed E-state index contributed by atoms with van der Waals surface area (Å²) in [4.78, 5) is 5.57. The van der Waals surface area contributed by atoms with Gasteiger partial charge in [0.05, 0.1) is 5.69 Å². The number of aliphatic imine (C=N–C) groups is 1. The quantitative estimate of drug-likeness (QED) is 0.350. The van der Waals surface area contributed by atoms with Crippen LogP contribution in [-0.2, 0) is 13.5 Å². The molecule has 0 saturated heterocycles. The van der Waals surface area contributed by atoms with Gasteiger partial charge in [-0.2, -0.15) is 5.10 Å². The molecule has 0 amide bonds. The summed E-state index contributed by atoms with van der Waals surface area (Å²) >= 11 is 1.84. The van der Waals surface area contributed by atoms with E-state index in [-0.39, 0.29) is 0 Å². The lowest BCUT2D eigenvalue weighted by Gasteiger charge is -2.12. The minimum absolute atomic E-state index is 0.846. The van der Waals surface area contributed by atoms with Crippen LogP contribution in [-0.4, -0.2) is 41.6 Å². The van der Waals surface area contributed by atoms with Crippen molar-refractivity contribution >= 4 is 17.7 Å². The van der Waals surface area contributed by atoms with Crippen LogP contribution in [0.2, 0.25) is 0 Å². The van der Waals surface area contributed by atoms with Gasteiger partial charge in [-0.15, -0.1) is 11.8 Å². The second kappa shape index (κ2) is 9.37. The molecule has 0 aliphatic rings. The van der Waals surface area contributed by atoms with E-state index in [4.69, 9.17) is 0 Å². The van der Waals surface area contributed by atoms with Gasteiger partial charge in [0.1, 0.15) is 0 Å². The molecule has 0 bridgehead atoms. The topological polar surface area (TPSA) is 54.2 Å². The SMILES string of the molecule is CN=C(NCCSc1ccccc1)NCCc1c(C)nn(C)c1C. The Kier molecular flexibility index (Phi) is 7.18. The molecule has 24 heavy (non-hydrogen) atoms. The van der Waals surface area contributed by atoms with Crippen molar-refractivity contribution in [1.29, 1.82) is 0 Å². The summed E-state index contributed by atoms with van der Waals surface area (Å²) in [5, 5.41) is 11.2. The monoisotopic (exact) mass is 345 g/mol. The van der Waals surface area contributed by atoms with Crippen molar-refractivity contribution in [3.8, 4) is 0 Å². The maximum atomic E-state index is 4.46. The average Bonchev–Trinajstić information content (AvgIpc) is 2.83. The third-order valence-electron chi connectivity index (χ3n) is 3.96. The number of aryl methyl sites for hydroxylation is 2. The number of hydrogen-bond acceptors (Lipinski definition) is 3. The van der Waals surface area contributed by atoms with Gasteiger partial charge in [-0.1, -0.05) is 18.2 Å². The number of hydrogen-bond donors (Lipinski definition) is 2. The Morgan fingerprint density at radius 3 is 2.50 bits per heavy atom. The largest absolute Gasteiger partial charge is 0.356 e. The third kappa shape index (κ3) is 5.30. The van der Waals surface area contributed by atoms with E-state index in [2.05, 4.69) is 58.8 Å². The van der Waals surface area contributed by atoms with E-state index in [1.807, 2.05) is 29.6 Å². The van der Waals surface area contributed by atoms with E-state index in [0.717, 1.165) is 36.9 Å². The fourth-order valence-electron chi connectivity index (χ4n) is 2.56. The third-order valence-corrected chi connectivity index (χ3v) is 4.97. The summed E-state index contributed by atoms with van der Waals surface area (Å²) < 4.78 is 1.94. The highest BCUT2D eigenvalue weighted by molar-refractivity contribution is 7.99. The summed E-state index contributed by atoms with van der Waals surface area (Å²) in [6.45, 7) is 5.91. The highest BCUT2D eigenvalue weighted by Gasteiger charge is 2.08. The molecular weight excluding hydrogens is 318 g/mol. The second-order valence-electron chi connectivity index (χ2n) is 5.61. The normalized spacial score (nSPS) is 11.6.